The van der Waals surface area contributed by atoms with Crippen LogP contribution >= 0.6 is 0 Å². The average Bonchev–Trinajstić information content (AvgIpc) is 2.99. The van der Waals surface area contributed by atoms with Gasteiger partial charge in [0.2, 0.25) is 0 Å². The Morgan fingerprint density at radius 3 is 2.47 bits per heavy atom. The van der Waals surface area contributed by atoms with Crippen LogP contribution < -0.4 is 0 Å². The topological polar surface area (TPSA) is 60.4 Å². The van der Waals surface area contributed by atoms with E-state index in [1.54, 1.807) is 24.3 Å². The second-order valence-electron chi connectivity index (χ2n) is 5.43. The van der Waals surface area contributed by atoms with Crippen LogP contribution in [0.5, 0.6) is 0 Å². The van der Waals surface area contributed by atoms with E-state index >= 15 is 0 Å². The van der Waals surface area contributed by atoms with Crippen LogP contribution in [0.1, 0.15) is 18.9 Å². The molecule has 3 rings (SSSR count). The van der Waals surface area contributed by atoms with Crippen molar-refractivity contribution in [2.45, 2.75) is 29.9 Å². The fraction of sp³-hybridized carbons (Fsp3) is 0.500. The van der Waals surface area contributed by atoms with E-state index in [-0.39, 0.29) is 16.7 Å². The Balaban J connectivity index is 2.10. The Labute approximate surface area is 112 Å². The summed E-state index contributed by atoms with van der Waals surface area (Å²) in [6.07, 6.45) is 0.637. The van der Waals surface area contributed by atoms with Gasteiger partial charge in [-0.15, -0.1) is 0 Å². The van der Waals surface area contributed by atoms with Crippen LogP contribution in [-0.2, 0) is 19.4 Å². The van der Waals surface area contributed by atoms with Crippen molar-refractivity contribution in [1.29, 1.82) is 0 Å². The summed E-state index contributed by atoms with van der Waals surface area (Å²) in [6.45, 7) is 4.05. The first-order chi connectivity index (χ1) is 8.92. The van der Waals surface area contributed by atoms with Crippen molar-refractivity contribution >= 4 is 15.8 Å². The molecule has 3 atom stereocenters. The van der Waals surface area contributed by atoms with Gasteiger partial charge < -0.3 is 4.74 Å². The van der Waals surface area contributed by atoms with E-state index in [0.717, 1.165) is 5.56 Å². The van der Waals surface area contributed by atoms with Gasteiger partial charge in [-0.2, -0.15) is 0 Å². The van der Waals surface area contributed by atoms with Crippen molar-refractivity contribution in [3.8, 4) is 0 Å². The van der Waals surface area contributed by atoms with E-state index in [2.05, 4.69) is 0 Å². The molecule has 1 aliphatic carbocycles. The fourth-order valence-corrected chi connectivity index (χ4v) is 5.74. The molecule has 4 nitrogen and oxygen atoms in total. The second-order valence-corrected chi connectivity index (χ2v) is 7.58. The van der Waals surface area contributed by atoms with Gasteiger partial charge in [0.05, 0.1) is 11.5 Å². The maximum Gasteiger partial charge on any atom is 0.328 e. The maximum absolute atomic E-state index is 12.8. The number of rotatable bonds is 2. The third-order valence-corrected chi connectivity index (χ3v) is 7.10. The molecule has 102 valence electrons. The summed E-state index contributed by atoms with van der Waals surface area (Å²) in [7, 11) is -3.68. The zero-order valence-electron chi connectivity index (χ0n) is 10.9. The zero-order chi connectivity index (χ0) is 13.8. The van der Waals surface area contributed by atoms with E-state index < -0.39 is 20.6 Å². The Bertz CT molecular complexity index is 632. The Morgan fingerprint density at radius 2 is 1.89 bits per heavy atom. The lowest BCUT2D eigenvalue weighted by Gasteiger charge is -2.21. The smallest absolute Gasteiger partial charge is 0.328 e. The minimum Gasteiger partial charge on any atom is -0.464 e. The predicted molar refractivity (Wildman–Crippen MR) is 69.3 cm³/mol. The van der Waals surface area contributed by atoms with Crippen molar-refractivity contribution in [1.82, 2.24) is 0 Å². The highest BCUT2D eigenvalue weighted by Gasteiger charge is 2.77. The minimum absolute atomic E-state index is 0.0972. The molecular weight excluding hydrogens is 264 g/mol. The molecule has 1 heterocycles. The molecule has 2 aliphatic rings. The van der Waals surface area contributed by atoms with Crippen molar-refractivity contribution in [3.63, 3.8) is 0 Å². The first-order valence-electron chi connectivity index (χ1n) is 6.41. The van der Waals surface area contributed by atoms with Gasteiger partial charge in [0.1, 0.15) is 0 Å². The molecule has 5 heteroatoms. The van der Waals surface area contributed by atoms with Gasteiger partial charge in [-0.25, -0.2) is 8.42 Å². The summed E-state index contributed by atoms with van der Waals surface area (Å²) >= 11 is 0. The number of carbonyl (C=O) groups is 1. The molecule has 0 radical (unpaired) electrons. The summed E-state index contributed by atoms with van der Waals surface area (Å²) in [4.78, 5) is 12.3. The van der Waals surface area contributed by atoms with Gasteiger partial charge in [-0.05, 0) is 37.3 Å². The third-order valence-electron chi connectivity index (χ3n) is 4.48. The van der Waals surface area contributed by atoms with Crippen molar-refractivity contribution in [2.75, 3.05) is 6.61 Å². The lowest BCUT2D eigenvalue weighted by molar-refractivity contribution is -0.147. The van der Waals surface area contributed by atoms with E-state index in [0.29, 0.717) is 13.0 Å². The number of cyclic esters (lactones) is 1. The number of esters is 1. The molecule has 0 bridgehead atoms. The van der Waals surface area contributed by atoms with Gasteiger partial charge in [-0.3, -0.25) is 4.79 Å². The lowest BCUT2D eigenvalue weighted by atomic mass is 10.2. The first-order valence-corrected chi connectivity index (χ1v) is 7.89. The van der Waals surface area contributed by atoms with Gasteiger partial charge in [0.25, 0.3) is 0 Å². The summed E-state index contributed by atoms with van der Waals surface area (Å²) in [5, 5.41) is 0. The van der Waals surface area contributed by atoms with Crippen LogP contribution in [0.2, 0.25) is 0 Å². The van der Waals surface area contributed by atoms with Crippen LogP contribution in [0.15, 0.2) is 29.2 Å². The van der Waals surface area contributed by atoms with Crippen molar-refractivity contribution in [3.05, 3.63) is 29.8 Å². The number of benzene rings is 1. The van der Waals surface area contributed by atoms with E-state index in [9.17, 15) is 13.2 Å². The fourth-order valence-electron chi connectivity index (χ4n) is 3.28. The number of hydrogen-bond acceptors (Lipinski definition) is 4. The highest BCUT2D eigenvalue weighted by atomic mass is 32.2. The van der Waals surface area contributed by atoms with E-state index in [1.807, 2.05) is 13.8 Å². The molecule has 0 unspecified atom stereocenters. The van der Waals surface area contributed by atoms with Crippen LogP contribution in [0.25, 0.3) is 0 Å². The molecule has 0 aromatic heterocycles. The molecule has 19 heavy (non-hydrogen) atoms. The Hall–Kier alpha value is -1.36. The summed E-state index contributed by atoms with van der Waals surface area (Å²) in [5.41, 5.74) is 0.989. The number of hydrogen-bond donors (Lipinski definition) is 0. The Morgan fingerprint density at radius 1 is 1.26 bits per heavy atom. The Kier molecular flexibility index (Phi) is 2.55. The average molecular weight is 280 g/mol. The molecule has 1 aliphatic heterocycles. The van der Waals surface area contributed by atoms with Crippen LogP contribution in [0.3, 0.4) is 0 Å². The first kappa shape index (κ1) is 12.7. The van der Waals surface area contributed by atoms with Gasteiger partial charge in [0, 0.05) is 0 Å². The summed E-state index contributed by atoms with van der Waals surface area (Å²) in [5.74, 6) is -0.828. The van der Waals surface area contributed by atoms with E-state index in [4.69, 9.17) is 4.74 Å². The molecule has 1 aromatic carbocycles. The predicted octanol–water partition coefficient (Wildman–Crippen LogP) is 1.72. The van der Waals surface area contributed by atoms with Crippen molar-refractivity contribution in [2.24, 2.45) is 11.8 Å². The summed E-state index contributed by atoms with van der Waals surface area (Å²) < 4.78 is 29.3. The molecule has 0 amide bonds. The monoisotopic (exact) mass is 280 g/mol. The standard InChI is InChI=1S/C14H16O4S/c1-9-3-5-11(6-4-9)19(16,17)14-10(2)12(14)7-8-18-13(14)15/h3-6,10,12H,7-8H2,1-2H3/t10-,12-,14-/m0/s1. The third kappa shape index (κ3) is 1.45. The van der Waals surface area contributed by atoms with Gasteiger partial charge >= 0.3 is 5.97 Å². The van der Waals surface area contributed by atoms with Gasteiger partial charge in [0.15, 0.2) is 14.6 Å². The van der Waals surface area contributed by atoms with Crippen LogP contribution in [0.4, 0.5) is 0 Å². The number of ether oxygens (including phenoxy) is 1. The molecule has 0 N–H and O–H groups in total. The molecule has 1 saturated carbocycles. The highest BCUT2D eigenvalue weighted by Crippen LogP contribution is 2.61. The zero-order valence-corrected chi connectivity index (χ0v) is 11.7. The van der Waals surface area contributed by atoms with Gasteiger partial charge in [-0.1, -0.05) is 24.6 Å². The molecule has 0 spiro atoms. The quantitative estimate of drug-likeness (QED) is 0.774. The number of carbonyl (C=O) groups excluding carboxylic acids is 1. The molecule has 1 saturated heterocycles. The summed E-state index contributed by atoms with van der Waals surface area (Å²) in [6, 6.07) is 6.65. The second kappa shape index (κ2) is 3.82. The molecule has 1 aromatic rings. The normalized spacial score (nSPS) is 33.5. The maximum atomic E-state index is 12.8. The SMILES string of the molecule is Cc1ccc(S(=O)(=O)[C@]23C(=O)OCC[C@H]2[C@@H]3C)cc1. The number of fused-ring (bicyclic) bond motifs is 1. The van der Waals surface area contributed by atoms with Crippen molar-refractivity contribution < 1.29 is 17.9 Å². The highest BCUT2D eigenvalue weighted by molar-refractivity contribution is 7.94. The van der Waals surface area contributed by atoms with E-state index in [1.165, 1.54) is 0 Å². The van der Waals surface area contributed by atoms with Crippen LogP contribution in [0, 0.1) is 18.8 Å². The number of aryl methyl sites for hydroxylation is 1. The largest absolute Gasteiger partial charge is 0.464 e. The van der Waals surface area contributed by atoms with Crippen LogP contribution in [-0.4, -0.2) is 25.7 Å². The number of sulfone groups is 1. The lowest BCUT2D eigenvalue weighted by Crippen LogP contribution is -2.40. The molecular formula is C14H16O4S. The molecule has 2 fully saturated rings. The minimum atomic E-state index is -3.68.